The van der Waals surface area contributed by atoms with Crippen molar-refractivity contribution >= 4 is 5.69 Å². The number of nitro groups is 1. The third-order valence-corrected chi connectivity index (χ3v) is 1.89. The third-order valence-electron chi connectivity index (χ3n) is 1.89. The van der Waals surface area contributed by atoms with Gasteiger partial charge in [0.15, 0.2) is 0 Å². The van der Waals surface area contributed by atoms with Crippen molar-refractivity contribution in [1.82, 2.24) is 5.32 Å². The predicted octanol–water partition coefficient (Wildman–Crippen LogP) is 1.24. The zero-order valence-corrected chi connectivity index (χ0v) is 6.36. The molecule has 0 aromatic heterocycles. The molecule has 1 aliphatic heterocycles. The van der Waals surface area contributed by atoms with Gasteiger partial charge >= 0.3 is 0 Å². The van der Waals surface area contributed by atoms with Crippen molar-refractivity contribution in [3.05, 3.63) is 39.9 Å². The van der Waals surface area contributed by atoms with E-state index in [1.807, 2.05) is 6.07 Å². The molecule has 62 valence electrons. The van der Waals surface area contributed by atoms with Crippen molar-refractivity contribution in [1.29, 1.82) is 0 Å². The van der Waals surface area contributed by atoms with Crippen LogP contribution in [-0.2, 0) is 0 Å². The molecule has 1 aromatic rings. The second kappa shape index (κ2) is 2.57. The van der Waals surface area contributed by atoms with Gasteiger partial charge in [0.2, 0.25) is 0 Å². The van der Waals surface area contributed by atoms with Gasteiger partial charge < -0.3 is 5.32 Å². The zero-order chi connectivity index (χ0) is 8.55. The average Bonchev–Trinajstić information content (AvgIpc) is 2.87. The minimum atomic E-state index is -0.369. The highest BCUT2D eigenvalue weighted by Crippen LogP contribution is 2.24. The second-order valence-electron chi connectivity index (χ2n) is 2.81. The summed E-state index contributed by atoms with van der Waals surface area (Å²) in [7, 11) is 0. The maximum atomic E-state index is 10.4. The van der Waals surface area contributed by atoms with Crippen LogP contribution in [0.25, 0.3) is 0 Å². The van der Waals surface area contributed by atoms with Crippen molar-refractivity contribution < 1.29 is 4.92 Å². The van der Waals surface area contributed by atoms with Crippen LogP contribution in [-0.4, -0.2) is 11.5 Å². The minimum Gasteiger partial charge on any atom is -0.307 e. The lowest BCUT2D eigenvalue weighted by molar-refractivity contribution is -0.384. The molecule has 1 saturated heterocycles. The summed E-state index contributed by atoms with van der Waals surface area (Å²) in [6.07, 6.45) is 0. The van der Waals surface area contributed by atoms with Crippen molar-refractivity contribution in [2.75, 3.05) is 6.54 Å². The van der Waals surface area contributed by atoms with Crippen LogP contribution in [0.1, 0.15) is 11.6 Å². The standard InChI is InChI=1S/C8H8N2O2/c11-10(12)7-3-1-2-6(4-7)8-5-9-8/h1-4,8-9H,5H2/t8-/m1/s1. The Morgan fingerprint density at radius 1 is 1.58 bits per heavy atom. The molecule has 0 spiro atoms. The molecule has 0 aliphatic carbocycles. The molecule has 2 rings (SSSR count). The molecule has 12 heavy (non-hydrogen) atoms. The van der Waals surface area contributed by atoms with Gasteiger partial charge in [-0.3, -0.25) is 10.1 Å². The monoisotopic (exact) mass is 164 g/mol. The summed E-state index contributed by atoms with van der Waals surface area (Å²) < 4.78 is 0. The highest BCUT2D eigenvalue weighted by atomic mass is 16.6. The maximum absolute atomic E-state index is 10.4. The summed E-state index contributed by atoms with van der Waals surface area (Å²) in [4.78, 5) is 10.0. The van der Waals surface area contributed by atoms with E-state index in [9.17, 15) is 10.1 Å². The minimum absolute atomic E-state index is 0.168. The SMILES string of the molecule is O=[N+]([O-])c1cccc([C@H]2CN2)c1. The van der Waals surface area contributed by atoms with E-state index in [-0.39, 0.29) is 10.6 Å². The summed E-state index contributed by atoms with van der Waals surface area (Å²) in [5.41, 5.74) is 1.17. The topological polar surface area (TPSA) is 65.1 Å². The van der Waals surface area contributed by atoms with Crippen LogP contribution in [0.4, 0.5) is 5.69 Å². The van der Waals surface area contributed by atoms with Gasteiger partial charge in [0.1, 0.15) is 0 Å². The Morgan fingerprint density at radius 3 is 2.92 bits per heavy atom. The average molecular weight is 164 g/mol. The number of nitrogens with one attached hydrogen (secondary N) is 1. The first-order valence-corrected chi connectivity index (χ1v) is 3.75. The molecular weight excluding hydrogens is 156 g/mol. The summed E-state index contributed by atoms with van der Waals surface area (Å²) in [6, 6.07) is 7.08. The fraction of sp³-hybridized carbons (Fsp3) is 0.250. The fourth-order valence-electron chi connectivity index (χ4n) is 1.15. The van der Waals surface area contributed by atoms with Gasteiger partial charge in [-0.05, 0) is 5.56 Å². The molecule has 0 unspecified atom stereocenters. The predicted molar refractivity (Wildman–Crippen MR) is 43.8 cm³/mol. The second-order valence-corrected chi connectivity index (χ2v) is 2.81. The van der Waals surface area contributed by atoms with Crippen LogP contribution in [0.2, 0.25) is 0 Å². The van der Waals surface area contributed by atoms with Crippen LogP contribution in [0.3, 0.4) is 0 Å². The van der Waals surface area contributed by atoms with E-state index in [1.54, 1.807) is 12.1 Å². The number of benzene rings is 1. The maximum Gasteiger partial charge on any atom is 0.269 e. The van der Waals surface area contributed by atoms with Gasteiger partial charge in [-0.15, -0.1) is 0 Å². The van der Waals surface area contributed by atoms with E-state index in [0.717, 1.165) is 12.1 Å². The summed E-state index contributed by atoms with van der Waals surface area (Å²) in [5.74, 6) is 0. The quantitative estimate of drug-likeness (QED) is 0.406. The van der Waals surface area contributed by atoms with Crippen molar-refractivity contribution in [2.45, 2.75) is 6.04 Å². The molecule has 4 heteroatoms. The van der Waals surface area contributed by atoms with E-state index in [4.69, 9.17) is 0 Å². The largest absolute Gasteiger partial charge is 0.307 e. The van der Waals surface area contributed by atoms with E-state index in [1.165, 1.54) is 6.07 Å². The Kier molecular flexibility index (Phi) is 1.55. The number of rotatable bonds is 2. The smallest absolute Gasteiger partial charge is 0.269 e. The van der Waals surface area contributed by atoms with E-state index in [2.05, 4.69) is 5.32 Å². The van der Waals surface area contributed by atoms with Gasteiger partial charge in [-0.25, -0.2) is 0 Å². The van der Waals surface area contributed by atoms with E-state index in [0.29, 0.717) is 6.04 Å². The Morgan fingerprint density at radius 2 is 2.33 bits per heavy atom. The normalized spacial score (nSPS) is 20.5. The number of nitrogens with zero attached hydrogens (tertiary/aromatic N) is 1. The lowest BCUT2D eigenvalue weighted by Crippen LogP contribution is -1.90. The molecule has 4 nitrogen and oxygen atoms in total. The molecule has 1 aliphatic rings. The first kappa shape index (κ1) is 7.24. The Labute approximate surface area is 69.4 Å². The Bertz CT molecular complexity index is 321. The Balaban J connectivity index is 2.32. The van der Waals surface area contributed by atoms with Gasteiger partial charge in [0.05, 0.1) is 4.92 Å². The van der Waals surface area contributed by atoms with Gasteiger partial charge in [0, 0.05) is 24.7 Å². The first-order chi connectivity index (χ1) is 5.77. The molecule has 0 amide bonds. The highest BCUT2D eigenvalue weighted by Gasteiger charge is 2.23. The van der Waals surface area contributed by atoms with Gasteiger partial charge in [0.25, 0.3) is 5.69 Å². The number of hydrogen-bond acceptors (Lipinski definition) is 3. The van der Waals surface area contributed by atoms with Crippen LogP contribution in [0, 0.1) is 10.1 Å². The van der Waals surface area contributed by atoms with Crippen LogP contribution >= 0.6 is 0 Å². The number of non-ortho nitro benzene ring substituents is 1. The summed E-state index contributed by atoms with van der Waals surface area (Å²) in [5, 5.41) is 13.5. The fourth-order valence-corrected chi connectivity index (χ4v) is 1.15. The van der Waals surface area contributed by atoms with Crippen molar-refractivity contribution in [3.8, 4) is 0 Å². The molecule has 1 atom stereocenters. The summed E-state index contributed by atoms with van der Waals surface area (Å²) in [6.45, 7) is 0.932. The number of nitro benzene ring substituents is 1. The molecule has 1 fully saturated rings. The van der Waals surface area contributed by atoms with Crippen LogP contribution < -0.4 is 5.32 Å². The Hall–Kier alpha value is -1.42. The molecule has 1 N–H and O–H groups in total. The lowest BCUT2D eigenvalue weighted by Gasteiger charge is -1.95. The van der Waals surface area contributed by atoms with Crippen molar-refractivity contribution in [2.24, 2.45) is 0 Å². The third kappa shape index (κ3) is 1.29. The van der Waals surface area contributed by atoms with E-state index >= 15 is 0 Å². The summed E-state index contributed by atoms with van der Waals surface area (Å²) >= 11 is 0. The highest BCUT2D eigenvalue weighted by molar-refractivity contribution is 5.37. The van der Waals surface area contributed by atoms with Gasteiger partial charge in [-0.1, -0.05) is 12.1 Å². The molecule has 1 aromatic carbocycles. The molecular formula is C8H8N2O2. The van der Waals surface area contributed by atoms with Crippen LogP contribution in [0.5, 0.6) is 0 Å². The zero-order valence-electron chi connectivity index (χ0n) is 6.36. The van der Waals surface area contributed by atoms with E-state index < -0.39 is 0 Å². The molecule has 1 heterocycles. The lowest BCUT2D eigenvalue weighted by atomic mass is 10.1. The molecule has 0 radical (unpaired) electrons. The van der Waals surface area contributed by atoms with Gasteiger partial charge in [-0.2, -0.15) is 0 Å². The number of hydrogen-bond donors (Lipinski definition) is 1. The van der Waals surface area contributed by atoms with Crippen molar-refractivity contribution in [3.63, 3.8) is 0 Å². The first-order valence-electron chi connectivity index (χ1n) is 3.75. The molecule has 0 saturated carbocycles. The van der Waals surface area contributed by atoms with Crippen LogP contribution in [0.15, 0.2) is 24.3 Å². The molecule has 0 bridgehead atoms.